The summed E-state index contributed by atoms with van der Waals surface area (Å²) in [6.07, 6.45) is 1.06. The minimum absolute atomic E-state index is 0.0774. The van der Waals surface area contributed by atoms with E-state index in [4.69, 9.17) is 10.5 Å². The topological polar surface area (TPSA) is 35.2 Å². The van der Waals surface area contributed by atoms with Crippen molar-refractivity contribution in [1.82, 2.24) is 0 Å². The number of alkyl halides is 1. The molecule has 0 fully saturated rings. The zero-order valence-corrected chi connectivity index (χ0v) is 11.6. The Kier molecular flexibility index (Phi) is 5.76. The van der Waals surface area contributed by atoms with Crippen molar-refractivity contribution in [3.63, 3.8) is 0 Å². The number of hydrogen-bond donors (Lipinski definition) is 1. The van der Waals surface area contributed by atoms with Crippen LogP contribution >= 0.6 is 0 Å². The van der Waals surface area contributed by atoms with Gasteiger partial charge in [-0.1, -0.05) is 38.1 Å². The first kappa shape index (κ1) is 15.1. The van der Waals surface area contributed by atoms with Crippen LogP contribution in [-0.2, 0) is 10.4 Å². The molecule has 102 valence electrons. The molecular weight excluding hydrogens is 229 g/mol. The molecular formula is C15H24FNO. The van der Waals surface area contributed by atoms with E-state index in [1.54, 1.807) is 0 Å². The maximum absolute atomic E-state index is 14.9. The molecule has 0 radical (unpaired) electrons. The number of halogens is 1. The summed E-state index contributed by atoms with van der Waals surface area (Å²) in [4.78, 5) is 0. The Labute approximate surface area is 109 Å². The SMILES string of the molecule is COCC(F)(CCCN)c1ccc(C(C)C)cc1. The molecule has 0 aliphatic carbocycles. The van der Waals surface area contributed by atoms with Gasteiger partial charge >= 0.3 is 0 Å². The molecule has 0 spiro atoms. The lowest BCUT2D eigenvalue weighted by molar-refractivity contribution is 0.0303. The molecule has 1 atom stereocenters. The summed E-state index contributed by atoms with van der Waals surface area (Å²) in [5.41, 5.74) is 5.94. The minimum atomic E-state index is -1.43. The van der Waals surface area contributed by atoms with Crippen molar-refractivity contribution in [2.45, 2.75) is 38.3 Å². The third kappa shape index (κ3) is 3.79. The molecule has 18 heavy (non-hydrogen) atoms. The molecule has 0 saturated carbocycles. The smallest absolute Gasteiger partial charge is 0.159 e. The quantitative estimate of drug-likeness (QED) is 0.808. The van der Waals surface area contributed by atoms with Crippen LogP contribution in [0.15, 0.2) is 24.3 Å². The number of nitrogens with two attached hydrogens (primary N) is 1. The van der Waals surface area contributed by atoms with Crippen molar-refractivity contribution < 1.29 is 9.13 Å². The van der Waals surface area contributed by atoms with E-state index in [1.807, 2.05) is 24.3 Å². The minimum Gasteiger partial charge on any atom is -0.381 e. The molecule has 3 heteroatoms. The third-order valence-corrected chi connectivity index (χ3v) is 3.24. The molecule has 1 aromatic rings. The van der Waals surface area contributed by atoms with Crippen LogP contribution in [0.2, 0.25) is 0 Å². The van der Waals surface area contributed by atoms with Gasteiger partial charge < -0.3 is 10.5 Å². The van der Waals surface area contributed by atoms with E-state index in [1.165, 1.54) is 12.7 Å². The van der Waals surface area contributed by atoms with Gasteiger partial charge in [-0.3, -0.25) is 0 Å². The molecule has 0 amide bonds. The van der Waals surface area contributed by atoms with Crippen molar-refractivity contribution >= 4 is 0 Å². The van der Waals surface area contributed by atoms with E-state index in [9.17, 15) is 4.39 Å². The van der Waals surface area contributed by atoms with Crippen molar-refractivity contribution in [2.75, 3.05) is 20.3 Å². The lowest BCUT2D eigenvalue weighted by Crippen LogP contribution is -2.27. The van der Waals surface area contributed by atoms with Crippen molar-refractivity contribution in [2.24, 2.45) is 5.73 Å². The molecule has 0 saturated heterocycles. The Morgan fingerprint density at radius 3 is 2.33 bits per heavy atom. The highest BCUT2D eigenvalue weighted by Crippen LogP contribution is 2.32. The zero-order chi connectivity index (χ0) is 13.6. The summed E-state index contributed by atoms with van der Waals surface area (Å²) in [6, 6.07) is 7.72. The number of hydrogen-bond acceptors (Lipinski definition) is 2. The first-order chi connectivity index (χ1) is 8.53. The van der Waals surface area contributed by atoms with Crippen LogP contribution in [0.3, 0.4) is 0 Å². The van der Waals surface area contributed by atoms with Crippen LogP contribution in [-0.4, -0.2) is 20.3 Å². The number of ether oxygens (including phenoxy) is 1. The molecule has 0 aliphatic heterocycles. The monoisotopic (exact) mass is 253 g/mol. The molecule has 0 bridgehead atoms. The van der Waals surface area contributed by atoms with Gasteiger partial charge in [-0.15, -0.1) is 0 Å². The highest BCUT2D eigenvalue weighted by molar-refractivity contribution is 5.29. The van der Waals surface area contributed by atoms with E-state index in [2.05, 4.69) is 13.8 Å². The van der Waals surface area contributed by atoms with Crippen LogP contribution in [0.1, 0.15) is 43.7 Å². The van der Waals surface area contributed by atoms with Gasteiger partial charge in [0, 0.05) is 7.11 Å². The normalized spacial score (nSPS) is 14.8. The fraction of sp³-hybridized carbons (Fsp3) is 0.600. The number of rotatable bonds is 7. The first-order valence-corrected chi connectivity index (χ1v) is 6.52. The molecule has 1 unspecified atom stereocenters. The molecule has 1 aromatic carbocycles. The van der Waals surface area contributed by atoms with Crippen LogP contribution in [0.4, 0.5) is 4.39 Å². The van der Waals surface area contributed by atoms with Crippen LogP contribution in [0.25, 0.3) is 0 Å². The van der Waals surface area contributed by atoms with Crippen LogP contribution in [0.5, 0.6) is 0 Å². The molecule has 0 heterocycles. The standard InChI is InChI=1S/C15H24FNO/c1-12(2)13-5-7-14(8-6-13)15(16,11-18-3)9-4-10-17/h5-8,12H,4,9-11,17H2,1-3H3. The summed E-state index contributed by atoms with van der Waals surface area (Å²) < 4.78 is 19.9. The highest BCUT2D eigenvalue weighted by Gasteiger charge is 2.31. The van der Waals surface area contributed by atoms with Crippen molar-refractivity contribution in [3.8, 4) is 0 Å². The predicted molar refractivity (Wildman–Crippen MR) is 73.5 cm³/mol. The average molecular weight is 253 g/mol. The predicted octanol–water partition coefficient (Wildman–Crippen LogP) is 3.36. The largest absolute Gasteiger partial charge is 0.381 e. The summed E-state index contributed by atoms with van der Waals surface area (Å²) in [6.45, 7) is 4.83. The fourth-order valence-corrected chi connectivity index (χ4v) is 2.08. The van der Waals surface area contributed by atoms with Crippen LogP contribution < -0.4 is 5.73 Å². The van der Waals surface area contributed by atoms with E-state index in [-0.39, 0.29) is 6.61 Å². The molecule has 0 aliphatic rings. The highest BCUT2D eigenvalue weighted by atomic mass is 19.1. The van der Waals surface area contributed by atoms with E-state index in [0.29, 0.717) is 30.9 Å². The van der Waals surface area contributed by atoms with Gasteiger partial charge in [0.2, 0.25) is 0 Å². The Morgan fingerprint density at radius 2 is 1.89 bits per heavy atom. The van der Waals surface area contributed by atoms with Crippen molar-refractivity contribution in [3.05, 3.63) is 35.4 Å². The maximum atomic E-state index is 14.9. The Hall–Kier alpha value is -0.930. The van der Waals surface area contributed by atoms with Gasteiger partial charge in [-0.25, -0.2) is 4.39 Å². The second-order valence-corrected chi connectivity index (χ2v) is 5.07. The lowest BCUT2D eigenvalue weighted by Gasteiger charge is -2.25. The van der Waals surface area contributed by atoms with Gasteiger partial charge in [0.05, 0.1) is 6.61 Å². The van der Waals surface area contributed by atoms with Gasteiger partial charge in [0.25, 0.3) is 0 Å². The van der Waals surface area contributed by atoms with Crippen LogP contribution in [0, 0.1) is 0 Å². The molecule has 0 aromatic heterocycles. The maximum Gasteiger partial charge on any atom is 0.159 e. The number of benzene rings is 1. The molecule has 2 nitrogen and oxygen atoms in total. The van der Waals surface area contributed by atoms with E-state index < -0.39 is 5.67 Å². The molecule has 2 N–H and O–H groups in total. The summed E-state index contributed by atoms with van der Waals surface area (Å²) in [5, 5.41) is 0. The fourth-order valence-electron chi connectivity index (χ4n) is 2.08. The van der Waals surface area contributed by atoms with Gasteiger partial charge in [0.15, 0.2) is 5.67 Å². The van der Waals surface area contributed by atoms with Gasteiger partial charge in [-0.2, -0.15) is 0 Å². The van der Waals surface area contributed by atoms with E-state index >= 15 is 0 Å². The van der Waals surface area contributed by atoms with Crippen molar-refractivity contribution in [1.29, 1.82) is 0 Å². The summed E-state index contributed by atoms with van der Waals surface area (Å²) in [7, 11) is 1.53. The van der Waals surface area contributed by atoms with Gasteiger partial charge in [-0.05, 0) is 36.4 Å². The number of methoxy groups -OCH3 is 1. The Bertz CT molecular complexity index is 350. The zero-order valence-electron chi connectivity index (χ0n) is 11.6. The third-order valence-electron chi connectivity index (χ3n) is 3.24. The first-order valence-electron chi connectivity index (χ1n) is 6.52. The van der Waals surface area contributed by atoms with Gasteiger partial charge in [0.1, 0.15) is 0 Å². The average Bonchev–Trinajstić information content (AvgIpc) is 2.37. The van der Waals surface area contributed by atoms with E-state index in [0.717, 1.165) is 0 Å². The second kappa shape index (κ2) is 6.86. The summed E-state index contributed by atoms with van der Waals surface area (Å²) >= 11 is 0. The lowest BCUT2D eigenvalue weighted by atomic mass is 9.90. The Morgan fingerprint density at radius 1 is 1.28 bits per heavy atom. The second-order valence-electron chi connectivity index (χ2n) is 5.07. The summed E-state index contributed by atoms with van der Waals surface area (Å²) in [5.74, 6) is 0.458. The Balaban J connectivity index is 2.91. The molecule has 1 rings (SSSR count).